The van der Waals surface area contributed by atoms with Gasteiger partial charge in [0.1, 0.15) is 103 Å². The molecule has 49 heteroatoms. The van der Waals surface area contributed by atoms with Crippen LogP contribution in [0, 0.1) is 5.92 Å². The van der Waals surface area contributed by atoms with Crippen LogP contribution in [0.1, 0.15) is 95.0 Å². The molecule has 0 unspecified atom stereocenters. The van der Waals surface area contributed by atoms with Crippen molar-refractivity contribution < 1.29 is 70.4 Å². The lowest BCUT2D eigenvalue weighted by atomic mass is 9.89. The lowest BCUT2D eigenvalue weighted by molar-refractivity contribution is -0.120. The molecule has 1 fully saturated rings. The standard InChI is InChI=1S/C22H23N5O3.C16H14N4O4S.2C15H11N7O2.2C15H13N5O2/c1-23-21(29)19-12-17(9-10-24-19)30-16-7-8-18-15(11-16)13-25-22(26-18)27-20(28)14-5-3-2-4-6-14;1-17-15(21)14-8-12(5-6-18-14)24-11-3-4-13-10(7-11)9-19-16(20-13)25(2,22)23;2*1-17-14(23)13-7-11(4-5-18-13)24-10-2-3-12-9(6-10)8-19-15(20-12)21-22-16;2*1-17-14(21)13-7-11(4-5-18-13)22-10-2-3-12-9(6-10)8-19-15(16)20-12/h7-14H,2-6H2,1H3,(H,23,29)(H,25,26,27,28);3-9H,1-2H3,(H,17,21);2*2-8H,1H3,(H,17,23);2*2-8H,1H3,(H,17,21)(H2,16,19,20). The minimum absolute atomic E-state index is 0.00129. The van der Waals surface area contributed by atoms with Crippen molar-refractivity contribution in [3.63, 3.8) is 0 Å². The van der Waals surface area contributed by atoms with Gasteiger partial charge in [0, 0.05) is 207 Å². The summed E-state index contributed by atoms with van der Waals surface area (Å²) in [4.78, 5) is 160. The van der Waals surface area contributed by atoms with Gasteiger partial charge in [-0.3, -0.25) is 68.8 Å². The molecule has 6 aromatic carbocycles. The third-order valence-corrected chi connectivity index (χ3v) is 21.5. The Hall–Kier alpha value is -20.5. The summed E-state index contributed by atoms with van der Waals surface area (Å²) in [6.07, 6.45) is 24.8. The molecule has 738 valence electrons. The van der Waals surface area contributed by atoms with Gasteiger partial charge in [0.15, 0.2) is 0 Å². The zero-order valence-corrected chi connectivity index (χ0v) is 79.6. The number of anilines is 3. The molecule has 48 nitrogen and oxygen atoms in total. The van der Waals surface area contributed by atoms with Crippen LogP contribution < -0.4 is 77.1 Å². The van der Waals surface area contributed by atoms with Crippen molar-refractivity contribution in [2.75, 3.05) is 65.3 Å². The summed E-state index contributed by atoms with van der Waals surface area (Å²) in [7, 11) is 5.76. The fourth-order valence-corrected chi connectivity index (χ4v) is 14.1. The van der Waals surface area contributed by atoms with E-state index in [1.807, 2.05) is 12.1 Å². The summed E-state index contributed by atoms with van der Waals surface area (Å²) in [6.45, 7) is 0. The Bertz CT molecular complexity index is 7930. The maximum absolute atomic E-state index is 12.4. The van der Waals surface area contributed by atoms with Crippen LogP contribution in [-0.2, 0) is 14.6 Å². The van der Waals surface area contributed by atoms with Gasteiger partial charge in [-0.05, 0) is 180 Å². The second kappa shape index (κ2) is 48.9. The number of nitrogens with zero attached hydrogens (tertiary/aromatic N) is 24. The molecule has 0 bridgehead atoms. The van der Waals surface area contributed by atoms with Crippen molar-refractivity contribution in [3.8, 4) is 69.0 Å². The van der Waals surface area contributed by atoms with Gasteiger partial charge in [0.05, 0.1) is 33.1 Å². The van der Waals surface area contributed by atoms with E-state index in [-0.39, 0.29) is 110 Å². The molecule has 0 spiro atoms. The van der Waals surface area contributed by atoms with E-state index >= 15 is 0 Å². The summed E-state index contributed by atoms with van der Waals surface area (Å²) in [6, 6.07) is 50.8. The molecule has 1 aliphatic rings. The number of sulfone groups is 1. The highest BCUT2D eigenvalue weighted by molar-refractivity contribution is 7.90. The fourth-order valence-electron chi connectivity index (χ4n) is 13.6. The SMILES string of the molecule is CNC(=O)c1cc(Oc2ccc3nc(N)ncc3c2)ccn1.CNC(=O)c1cc(Oc2ccc3nc(N)ncc3c2)ccn1.CNC(=O)c1cc(Oc2ccc3nc(N=[N+]=[N-])ncc3c2)ccn1.CNC(=O)c1cc(Oc2ccc3nc(N=[N+]=[N-])ncc3c2)ccn1.CNC(=O)c1cc(Oc2ccc3nc(NC(=O)C4CCCCC4)ncc3c2)ccn1.CNC(=O)c1cc(Oc2ccc3nc(S(C)(=O)=O)ncc3c2)ccn1. The first-order valence-electron chi connectivity index (χ1n) is 44.1. The largest absolute Gasteiger partial charge is 0.457 e. The van der Waals surface area contributed by atoms with Crippen LogP contribution in [0.3, 0.4) is 0 Å². The van der Waals surface area contributed by atoms with Gasteiger partial charge >= 0.3 is 0 Å². The third kappa shape index (κ3) is 28.4. The average Bonchev–Trinajstić information content (AvgIpc) is 0.880. The van der Waals surface area contributed by atoms with Crippen LogP contribution in [0.25, 0.3) is 86.3 Å². The monoisotopic (exact) mass is 2000 g/mol. The highest BCUT2D eigenvalue weighted by Gasteiger charge is 2.24. The van der Waals surface area contributed by atoms with E-state index < -0.39 is 9.84 Å². The van der Waals surface area contributed by atoms with Gasteiger partial charge in [0.25, 0.3) is 35.4 Å². The predicted octanol–water partition coefficient (Wildman–Crippen LogP) is 15.0. The number of carbonyl (C=O) groups excluding carboxylic acids is 7. The van der Waals surface area contributed by atoms with Crippen LogP contribution in [0.5, 0.6) is 69.0 Å². The summed E-state index contributed by atoms with van der Waals surface area (Å²) in [5.74, 6) is 5.55. The molecule has 1 saturated carbocycles. The number of hydrogen-bond donors (Lipinski definition) is 9. The summed E-state index contributed by atoms with van der Waals surface area (Å²) in [5, 5.41) is 28.9. The van der Waals surface area contributed by atoms with E-state index in [1.165, 1.54) is 77.0 Å². The molecular weight excluding hydrogens is 1910 g/mol. The van der Waals surface area contributed by atoms with Crippen LogP contribution in [0.4, 0.5) is 29.7 Å². The molecule has 18 aromatic rings. The Balaban J connectivity index is 0.000000140. The molecule has 12 aromatic heterocycles. The molecule has 147 heavy (non-hydrogen) atoms. The van der Waals surface area contributed by atoms with Crippen LogP contribution in [0.15, 0.2) is 272 Å². The van der Waals surface area contributed by atoms with Gasteiger partial charge in [0.2, 0.25) is 50.6 Å². The number of fused-ring (bicyclic) bond motifs is 6. The number of rotatable bonds is 23. The van der Waals surface area contributed by atoms with Gasteiger partial charge in [-0.25, -0.2) is 68.2 Å². The maximum Gasteiger partial charge on any atom is 0.269 e. The normalized spacial score (nSPS) is 11.2. The van der Waals surface area contributed by atoms with E-state index in [4.69, 9.17) is 51.0 Å². The molecule has 7 amide bonds. The van der Waals surface area contributed by atoms with Crippen LogP contribution in [0.2, 0.25) is 0 Å². The van der Waals surface area contributed by atoms with Crippen molar-refractivity contribution in [2.24, 2.45) is 16.1 Å². The Morgan fingerprint density at radius 1 is 0.313 bits per heavy atom. The lowest BCUT2D eigenvalue weighted by Gasteiger charge is -2.20. The Kier molecular flexibility index (Phi) is 34.1. The molecule has 19 rings (SSSR count). The summed E-state index contributed by atoms with van der Waals surface area (Å²) in [5.41, 5.74) is 33.4. The average molecular weight is 2000 g/mol. The lowest BCUT2D eigenvalue weighted by Crippen LogP contribution is -2.25. The number of ether oxygens (including phenoxy) is 6. The Morgan fingerprint density at radius 2 is 0.558 bits per heavy atom. The van der Waals surface area contributed by atoms with Gasteiger partial charge in [-0.15, -0.1) is 0 Å². The van der Waals surface area contributed by atoms with E-state index in [0.717, 1.165) is 69.9 Å². The molecule has 0 atom stereocenters. The first-order valence-corrected chi connectivity index (χ1v) is 46.0. The molecule has 0 saturated heterocycles. The number of amides is 7. The predicted molar refractivity (Wildman–Crippen MR) is 538 cm³/mol. The summed E-state index contributed by atoms with van der Waals surface area (Å²) >= 11 is 0. The van der Waals surface area contributed by atoms with Gasteiger partial charge in [-0.1, -0.05) is 19.3 Å². The van der Waals surface area contributed by atoms with Crippen molar-refractivity contribution in [3.05, 3.63) is 311 Å². The number of carbonyl (C=O) groups is 7. The van der Waals surface area contributed by atoms with Crippen molar-refractivity contribution in [2.45, 2.75) is 37.3 Å². The zero-order chi connectivity index (χ0) is 104. The van der Waals surface area contributed by atoms with Crippen LogP contribution in [-0.4, -0.2) is 188 Å². The number of nitrogens with one attached hydrogen (secondary N) is 7. The number of benzene rings is 6. The topological polar surface area (TPSA) is 675 Å². The smallest absolute Gasteiger partial charge is 0.269 e. The quantitative estimate of drug-likeness (QED) is 0.0124. The molecule has 0 radical (unpaired) electrons. The number of pyridine rings is 6. The van der Waals surface area contributed by atoms with Crippen molar-refractivity contribution in [1.29, 1.82) is 0 Å². The molecule has 0 aliphatic heterocycles. The van der Waals surface area contributed by atoms with E-state index in [2.05, 4.69) is 147 Å². The minimum Gasteiger partial charge on any atom is -0.457 e. The fraction of sp³-hybridized carbons (Fsp3) is 0.133. The van der Waals surface area contributed by atoms with E-state index in [0.29, 0.717) is 102 Å². The van der Waals surface area contributed by atoms with Crippen molar-refractivity contribution >= 4 is 146 Å². The van der Waals surface area contributed by atoms with E-state index in [9.17, 15) is 42.0 Å². The number of aromatic nitrogens is 18. The third-order valence-electron chi connectivity index (χ3n) is 20.7. The number of nitrogens with two attached hydrogens (primary N) is 2. The maximum atomic E-state index is 12.4. The van der Waals surface area contributed by atoms with E-state index in [1.54, 1.807) is 216 Å². The molecular formula is C98H85N33O15S. The van der Waals surface area contributed by atoms with Crippen LogP contribution >= 0.6 is 0 Å². The van der Waals surface area contributed by atoms with Gasteiger partial charge in [-0.2, -0.15) is 0 Å². The first kappa shape index (κ1) is 102. The number of hydrogen-bond acceptors (Lipinski definition) is 37. The van der Waals surface area contributed by atoms with Gasteiger partial charge < -0.3 is 71.8 Å². The van der Waals surface area contributed by atoms with Crippen molar-refractivity contribution in [1.82, 2.24) is 122 Å². The second-order valence-corrected chi connectivity index (χ2v) is 32.7. The first-order chi connectivity index (χ1) is 71.2. The Labute approximate surface area is 833 Å². The molecule has 1 aliphatic carbocycles. The summed E-state index contributed by atoms with van der Waals surface area (Å²) < 4.78 is 57.6. The zero-order valence-electron chi connectivity index (χ0n) is 78.8. The highest BCUT2D eigenvalue weighted by atomic mass is 32.2. The second-order valence-electron chi connectivity index (χ2n) is 30.8. The number of nitrogen functional groups attached to an aromatic ring is 2. The Morgan fingerprint density at radius 3 is 0.830 bits per heavy atom. The molecule has 11 N–H and O–H groups in total. The number of azide groups is 2. The minimum atomic E-state index is -3.47. The molecule has 12 heterocycles. The highest BCUT2D eigenvalue weighted by Crippen LogP contribution is 2.34.